The molecule has 3 rings (SSSR count). The number of piperazine rings is 1. The Bertz CT molecular complexity index is 849. The van der Waals surface area contributed by atoms with Gasteiger partial charge in [-0.3, -0.25) is 9.59 Å². The molecule has 30 heavy (non-hydrogen) atoms. The van der Waals surface area contributed by atoms with Gasteiger partial charge in [-0.1, -0.05) is 37.1 Å². The van der Waals surface area contributed by atoms with Gasteiger partial charge in [0.2, 0.25) is 5.91 Å². The third-order valence-electron chi connectivity index (χ3n) is 5.30. The highest BCUT2D eigenvalue weighted by Gasteiger charge is 2.21. The van der Waals surface area contributed by atoms with Crippen LogP contribution in [0.2, 0.25) is 5.02 Å². The van der Waals surface area contributed by atoms with Gasteiger partial charge in [-0.2, -0.15) is 0 Å². The van der Waals surface area contributed by atoms with Crippen molar-refractivity contribution in [3.8, 4) is 0 Å². The summed E-state index contributed by atoms with van der Waals surface area (Å²) in [6.45, 7) is 5.59. The quantitative estimate of drug-likeness (QED) is 0.698. The highest BCUT2D eigenvalue weighted by molar-refractivity contribution is 6.30. The van der Waals surface area contributed by atoms with Crippen molar-refractivity contribution in [2.45, 2.75) is 32.6 Å². The minimum atomic E-state index is -0.137. The highest BCUT2D eigenvalue weighted by atomic mass is 35.5. The molecule has 1 aromatic heterocycles. The average Bonchev–Trinajstić information content (AvgIpc) is 2.77. The topological polar surface area (TPSA) is 65.5 Å². The van der Waals surface area contributed by atoms with Gasteiger partial charge in [0.25, 0.3) is 5.91 Å². The second-order valence-electron chi connectivity index (χ2n) is 7.51. The Morgan fingerprint density at radius 1 is 1.13 bits per heavy atom. The predicted molar refractivity (Wildman–Crippen MR) is 120 cm³/mol. The summed E-state index contributed by atoms with van der Waals surface area (Å²) in [4.78, 5) is 33.1. The maximum atomic E-state index is 12.4. The molecule has 160 valence electrons. The molecule has 0 spiro atoms. The number of carbonyl (C=O) groups excluding carboxylic acids is 2. The van der Waals surface area contributed by atoms with E-state index >= 15 is 0 Å². The lowest BCUT2D eigenvalue weighted by atomic mass is 10.1. The number of hydrogen-bond acceptors (Lipinski definition) is 4. The zero-order valence-corrected chi connectivity index (χ0v) is 18.2. The summed E-state index contributed by atoms with van der Waals surface area (Å²) in [5.41, 5.74) is 1.63. The van der Waals surface area contributed by atoms with Crippen molar-refractivity contribution in [3.05, 3.63) is 58.7 Å². The maximum absolute atomic E-state index is 12.4. The van der Waals surface area contributed by atoms with E-state index in [2.05, 4.69) is 22.1 Å². The van der Waals surface area contributed by atoms with E-state index in [4.69, 9.17) is 11.6 Å². The zero-order chi connectivity index (χ0) is 21.3. The Balaban J connectivity index is 1.45. The number of pyridine rings is 1. The number of nitrogens with one attached hydrogen (secondary N) is 1. The van der Waals surface area contributed by atoms with E-state index in [0.29, 0.717) is 23.6 Å². The highest BCUT2D eigenvalue weighted by Crippen LogP contribution is 2.15. The molecule has 1 saturated heterocycles. The Hall–Kier alpha value is -2.60. The number of anilines is 1. The van der Waals surface area contributed by atoms with Crippen molar-refractivity contribution >= 4 is 29.2 Å². The summed E-state index contributed by atoms with van der Waals surface area (Å²) in [6, 6.07) is 11.3. The van der Waals surface area contributed by atoms with Gasteiger partial charge in [0.05, 0.1) is 5.56 Å². The van der Waals surface area contributed by atoms with E-state index in [1.807, 2.05) is 35.2 Å². The van der Waals surface area contributed by atoms with Crippen LogP contribution in [0.25, 0.3) is 0 Å². The number of unbranched alkanes of at least 4 members (excludes halogenated alkanes) is 1. The van der Waals surface area contributed by atoms with Gasteiger partial charge >= 0.3 is 0 Å². The Labute approximate surface area is 183 Å². The fraction of sp³-hybridized carbons (Fsp3) is 0.435. The molecular formula is C23H29ClN4O2. The van der Waals surface area contributed by atoms with E-state index in [1.165, 1.54) is 0 Å². The lowest BCUT2D eigenvalue weighted by Gasteiger charge is -2.35. The smallest absolute Gasteiger partial charge is 0.252 e. The second kappa shape index (κ2) is 11.0. The van der Waals surface area contributed by atoms with Crippen molar-refractivity contribution in [2.75, 3.05) is 37.6 Å². The van der Waals surface area contributed by atoms with Crippen LogP contribution in [-0.4, -0.2) is 54.4 Å². The number of aromatic nitrogens is 1. The van der Waals surface area contributed by atoms with Crippen LogP contribution in [0.15, 0.2) is 42.6 Å². The van der Waals surface area contributed by atoms with Crippen molar-refractivity contribution in [1.82, 2.24) is 15.2 Å². The molecule has 0 saturated carbocycles. The van der Waals surface area contributed by atoms with Crippen molar-refractivity contribution in [1.29, 1.82) is 0 Å². The Kier molecular flexibility index (Phi) is 8.08. The van der Waals surface area contributed by atoms with Crippen LogP contribution in [0.1, 0.15) is 42.1 Å². The first-order chi connectivity index (χ1) is 14.6. The van der Waals surface area contributed by atoms with E-state index in [0.717, 1.165) is 56.8 Å². The van der Waals surface area contributed by atoms with Gasteiger partial charge in [0, 0.05) is 50.4 Å². The fourth-order valence-corrected chi connectivity index (χ4v) is 3.71. The molecule has 1 aliphatic heterocycles. The molecule has 2 amide bonds. The molecule has 0 atom stereocenters. The standard InChI is InChI=1S/C23H29ClN4O2/c1-2-3-7-22(29)28-14-12-27(13-15-28)21-9-8-19(17-26-21)23(30)25-11-10-18-5-4-6-20(24)16-18/h4-6,8-9,16-17H,2-3,7,10-15H2,1H3,(H,25,30). The molecule has 0 bridgehead atoms. The average molecular weight is 429 g/mol. The third kappa shape index (κ3) is 6.20. The van der Waals surface area contributed by atoms with Gasteiger partial charge < -0.3 is 15.1 Å². The largest absolute Gasteiger partial charge is 0.353 e. The number of benzene rings is 1. The van der Waals surface area contributed by atoms with Gasteiger partial charge in [-0.15, -0.1) is 0 Å². The summed E-state index contributed by atoms with van der Waals surface area (Å²) in [5, 5.41) is 3.62. The summed E-state index contributed by atoms with van der Waals surface area (Å²) in [6.07, 6.45) is 4.96. The number of halogens is 1. The maximum Gasteiger partial charge on any atom is 0.252 e. The lowest BCUT2D eigenvalue weighted by Crippen LogP contribution is -2.49. The summed E-state index contributed by atoms with van der Waals surface area (Å²) in [7, 11) is 0. The summed E-state index contributed by atoms with van der Waals surface area (Å²) >= 11 is 5.99. The SMILES string of the molecule is CCCCC(=O)N1CCN(c2ccc(C(=O)NCCc3cccc(Cl)c3)cn2)CC1. The van der Waals surface area contributed by atoms with Crippen molar-refractivity contribution in [3.63, 3.8) is 0 Å². The van der Waals surface area contributed by atoms with Crippen LogP contribution >= 0.6 is 11.6 Å². The van der Waals surface area contributed by atoms with Crippen molar-refractivity contribution < 1.29 is 9.59 Å². The van der Waals surface area contributed by atoms with Crippen molar-refractivity contribution in [2.24, 2.45) is 0 Å². The van der Waals surface area contributed by atoms with Crippen LogP contribution in [0.4, 0.5) is 5.82 Å². The van der Waals surface area contributed by atoms with Gasteiger partial charge in [0.1, 0.15) is 5.82 Å². The number of amides is 2. The molecule has 2 heterocycles. The summed E-state index contributed by atoms with van der Waals surface area (Å²) < 4.78 is 0. The molecule has 0 aliphatic carbocycles. The molecular weight excluding hydrogens is 400 g/mol. The first-order valence-corrected chi connectivity index (χ1v) is 11.0. The van der Waals surface area contributed by atoms with E-state index in [-0.39, 0.29) is 11.8 Å². The van der Waals surface area contributed by atoms with Gasteiger partial charge in [-0.05, 0) is 42.7 Å². The van der Waals surface area contributed by atoms with Crippen LogP contribution in [0, 0.1) is 0 Å². The molecule has 1 aromatic carbocycles. The minimum Gasteiger partial charge on any atom is -0.353 e. The number of nitrogens with zero attached hydrogens (tertiary/aromatic N) is 3. The van der Waals surface area contributed by atoms with Crippen LogP contribution in [-0.2, 0) is 11.2 Å². The van der Waals surface area contributed by atoms with E-state index in [1.54, 1.807) is 12.3 Å². The predicted octanol–water partition coefficient (Wildman–Crippen LogP) is 3.55. The monoisotopic (exact) mass is 428 g/mol. The Morgan fingerprint density at radius 2 is 1.93 bits per heavy atom. The Morgan fingerprint density at radius 3 is 2.60 bits per heavy atom. The summed E-state index contributed by atoms with van der Waals surface area (Å²) in [5.74, 6) is 0.947. The molecule has 6 nitrogen and oxygen atoms in total. The number of rotatable bonds is 8. The molecule has 1 aliphatic rings. The second-order valence-corrected chi connectivity index (χ2v) is 7.95. The van der Waals surface area contributed by atoms with Crippen LogP contribution < -0.4 is 10.2 Å². The van der Waals surface area contributed by atoms with Gasteiger partial charge in [0.15, 0.2) is 0 Å². The first kappa shape index (κ1) is 22.1. The molecule has 1 N–H and O–H groups in total. The van der Waals surface area contributed by atoms with Crippen LogP contribution in [0.5, 0.6) is 0 Å². The van der Waals surface area contributed by atoms with E-state index < -0.39 is 0 Å². The molecule has 0 unspecified atom stereocenters. The lowest BCUT2D eigenvalue weighted by molar-refractivity contribution is -0.131. The molecule has 1 fully saturated rings. The first-order valence-electron chi connectivity index (χ1n) is 10.6. The number of hydrogen-bond donors (Lipinski definition) is 1. The fourth-order valence-electron chi connectivity index (χ4n) is 3.49. The normalized spacial score (nSPS) is 13.9. The van der Waals surface area contributed by atoms with E-state index in [9.17, 15) is 9.59 Å². The molecule has 7 heteroatoms. The third-order valence-corrected chi connectivity index (χ3v) is 5.53. The molecule has 2 aromatic rings. The zero-order valence-electron chi connectivity index (χ0n) is 17.4. The minimum absolute atomic E-state index is 0.137. The number of carbonyl (C=O) groups is 2. The molecule has 0 radical (unpaired) electrons. The van der Waals surface area contributed by atoms with Gasteiger partial charge in [-0.25, -0.2) is 4.98 Å². The van der Waals surface area contributed by atoms with Crippen LogP contribution in [0.3, 0.4) is 0 Å².